The summed E-state index contributed by atoms with van der Waals surface area (Å²) in [5.41, 5.74) is 0. The molecule has 1 rings (SSSR count). The highest BCUT2D eigenvalue weighted by molar-refractivity contribution is 7.99. The Labute approximate surface area is 97.7 Å². The van der Waals surface area contributed by atoms with Crippen molar-refractivity contribution in [3.8, 4) is 0 Å². The predicted molar refractivity (Wildman–Crippen MR) is 59.4 cm³/mol. The molecule has 1 aromatic rings. The van der Waals surface area contributed by atoms with Crippen molar-refractivity contribution in [2.24, 2.45) is 7.05 Å². The molecule has 2 N–H and O–H groups in total. The second-order valence-electron chi connectivity index (χ2n) is 3.30. The molecule has 0 bridgehead atoms. The molecule has 0 amide bonds. The largest absolute Gasteiger partial charge is 0.481 e. The third kappa shape index (κ3) is 4.19. The molecule has 1 heterocycles. The number of unbranched alkanes of at least 4 members (excludes halogenated alkanes) is 1. The molecule has 0 saturated carbocycles. The Morgan fingerprint density at radius 1 is 1.50 bits per heavy atom. The first-order chi connectivity index (χ1) is 7.63. The first-order valence-electron chi connectivity index (χ1n) is 4.99. The SMILES string of the molecule is Cn1nc(CCCCO)nc1SCC(=O)O. The summed E-state index contributed by atoms with van der Waals surface area (Å²) in [7, 11) is 1.74. The highest BCUT2D eigenvalue weighted by Crippen LogP contribution is 2.15. The number of aliphatic hydroxyl groups is 1. The van der Waals surface area contributed by atoms with E-state index in [1.54, 1.807) is 11.7 Å². The number of thioether (sulfide) groups is 1. The van der Waals surface area contributed by atoms with Crippen LogP contribution in [0.1, 0.15) is 18.7 Å². The monoisotopic (exact) mass is 245 g/mol. The number of aryl methyl sites for hydroxylation is 2. The summed E-state index contributed by atoms with van der Waals surface area (Å²) in [6, 6.07) is 0. The molecule has 0 atom stereocenters. The van der Waals surface area contributed by atoms with Crippen LogP contribution in [0.5, 0.6) is 0 Å². The van der Waals surface area contributed by atoms with Gasteiger partial charge >= 0.3 is 5.97 Å². The molecule has 0 radical (unpaired) electrons. The van der Waals surface area contributed by atoms with Crippen molar-refractivity contribution in [1.82, 2.24) is 14.8 Å². The molecule has 0 aromatic carbocycles. The van der Waals surface area contributed by atoms with E-state index in [1.807, 2.05) is 0 Å². The lowest BCUT2D eigenvalue weighted by molar-refractivity contribution is -0.133. The van der Waals surface area contributed by atoms with Crippen molar-refractivity contribution < 1.29 is 15.0 Å². The van der Waals surface area contributed by atoms with Gasteiger partial charge in [-0.1, -0.05) is 11.8 Å². The van der Waals surface area contributed by atoms with Crippen LogP contribution in [-0.4, -0.2) is 43.3 Å². The normalized spacial score (nSPS) is 10.6. The van der Waals surface area contributed by atoms with Crippen molar-refractivity contribution in [3.63, 3.8) is 0 Å². The fourth-order valence-corrected chi connectivity index (χ4v) is 1.82. The third-order valence-electron chi connectivity index (χ3n) is 1.90. The van der Waals surface area contributed by atoms with E-state index >= 15 is 0 Å². The summed E-state index contributed by atoms with van der Waals surface area (Å²) < 4.78 is 1.59. The molecule has 16 heavy (non-hydrogen) atoms. The maximum Gasteiger partial charge on any atom is 0.313 e. The Hall–Kier alpha value is -1.08. The van der Waals surface area contributed by atoms with Gasteiger partial charge in [0.2, 0.25) is 0 Å². The summed E-state index contributed by atoms with van der Waals surface area (Å²) in [5, 5.41) is 22.0. The zero-order chi connectivity index (χ0) is 12.0. The van der Waals surface area contributed by atoms with Gasteiger partial charge in [-0.15, -0.1) is 0 Å². The first kappa shape index (κ1) is 13.0. The van der Waals surface area contributed by atoms with Crippen molar-refractivity contribution in [1.29, 1.82) is 0 Å². The molecule has 0 unspecified atom stereocenters. The van der Waals surface area contributed by atoms with Gasteiger partial charge in [0.25, 0.3) is 0 Å². The molecule has 0 spiro atoms. The summed E-state index contributed by atoms with van der Waals surface area (Å²) in [6.07, 6.45) is 2.28. The fourth-order valence-electron chi connectivity index (χ4n) is 1.17. The average Bonchev–Trinajstić information content (AvgIpc) is 2.57. The molecule has 0 saturated heterocycles. The maximum atomic E-state index is 10.4. The van der Waals surface area contributed by atoms with Crippen molar-refractivity contribution in [2.45, 2.75) is 24.4 Å². The molecule has 0 aliphatic carbocycles. The topological polar surface area (TPSA) is 88.2 Å². The summed E-state index contributed by atoms with van der Waals surface area (Å²) in [4.78, 5) is 14.6. The van der Waals surface area contributed by atoms with E-state index in [9.17, 15) is 4.79 Å². The fraction of sp³-hybridized carbons (Fsp3) is 0.667. The number of carboxylic acid groups (broad SMARTS) is 1. The van der Waals surface area contributed by atoms with Crippen molar-refractivity contribution >= 4 is 17.7 Å². The van der Waals surface area contributed by atoms with Crippen LogP contribution < -0.4 is 0 Å². The Balaban J connectivity index is 2.49. The molecule has 6 nitrogen and oxygen atoms in total. The van der Waals surface area contributed by atoms with Gasteiger partial charge in [0, 0.05) is 20.1 Å². The molecular weight excluding hydrogens is 230 g/mol. The molecule has 1 aromatic heterocycles. The van der Waals surface area contributed by atoms with Gasteiger partial charge in [-0.25, -0.2) is 9.67 Å². The van der Waals surface area contributed by atoms with E-state index in [4.69, 9.17) is 10.2 Å². The minimum atomic E-state index is -0.866. The maximum absolute atomic E-state index is 10.4. The smallest absolute Gasteiger partial charge is 0.313 e. The van der Waals surface area contributed by atoms with Gasteiger partial charge in [-0.3, -0.25) is 4.79 Å². The van der Waals surface area contributed by atoms with Crippen LogP contribution in [0.3, 0.4) is 0 Å². The molecule has 0 aliphatic heterocycles. The van der Waals surface area contributed by atoms with Gasteiger partial charge in [0.15, 0.2) is 11.0 Å². The van der Waals surface area contributed by atoms with Crippen LogP contribution in [0, 0.1) is 0 Å². The Kier molecular flexibility index (Phi) is 5.27. The minimum Gasteiger partial charge on any atom is -0.481 e. The summed E-state index contributed by atoms with van der Waals surface area (Å²) >= 11 is 1.16. The van der Waals surface area contributed by atoms with Crippen LogP contribution in [0.4, 0.5) is 0 Å². The standard InChI is InChI=1S/C9H15N3O3S/c1-12-9(16-6-8(14)15)10-7(11-12)4-2-3-5-13/h13H,2-6H2,1H3,(H,14,15). The predicted octanol–water partition coefficient (Wildman–Crippen LogP) is 0.307. The lowest BCUT2D eigenvalue weighted by Gasteiger charge is -1.94. The van der Waals surface area contributed by atoms with Crippen molar-refractivity contribution in [2.75, 3.05) is 12.4 Å². The van der Waals surface area contributed by atoms with Crippen LogP contribution >= 0.6 is 11.8 Å². The average molecular weight is 245 g/mol. The zero-order valence-corrected chi connectivity index (χ0v) is 9.90. The first-order valence-corrected chi connectivity index (χ1v) is 5.97. The zero-order valence-electron chi connectivity index (χ0n) is 9.09. The lowest BCUT2D eigenvalue weighted by Crippen LogP contribution is -2.00. The number of nitrogens with zero attached hydrogens (tertiary/aromatic N) is 3. The Morgan fingerprint density at radius 2 is 2.25 bits per heavy atom. The molecule has 0 aliphatic rings. The Bertz CT molecular complexity index is 354. The number of hydrogen-bond donors (Lipinski definition) is 2. The number of rotatable bonds is 7. The Morgan fingerprint density at radius 3 is 2.88 bits per heavy atom. The van der Waals surface area contributed by atoms with E-state index in [0.717, 1.165) is 24.6 Å². The number of aromatic nitrogens is 3. The lowest BCUT2D eigenvalue weighted by atomic mass is 10.2. The van der Waals surface area contributed by atoms with E-state index in [2.05, 4.69) is 10.1 Å². The molecular formula is C9H15N3O3S. The third-order valence-corrected chi connectivity index (χ3v) is 2.91. The van der Waals surface area contributed by atoms with Gasteiger partial charge in [0.05, 0.1) is 5.75 Å². The van der Waals surface area contributed by atoms with Gasteiger partial charge in [-0.05, 0) is 12.8 Å². The van der Waals surface area contributed by atoms with E-state index in [1.165, 1.54) is 0 Å². The van der Waals surface area contributed by atoms with E-state index in [-0.39, 0.29) is 12.4 Å². The number of aliphatic carboxylic acids is 1. The second-order valence-corrected chi connectivity index (χ2v) is 4.24. The van der Waals surface area contributed by atoms with Gasteiger partial charge in [0.1, 0.15) is 0 Å². The summed E-state index contributed by atoms with van der Waals surface area (Å²) in [6.45, 7) is 0.174. The molecule has 0 fully saturated rings. The van der Waals surface area contributed by atoms with Gasteiger partial charge in [-0.2, -0.15) is 5.10 Å². The second kappa shape index (κ2) is 6.49. The van der Waals surface area contributed by atoms with Crippen molar-refractivity contribution in [3.05, 3.63) is 5.82 Å². The quantitative estimate of drug-likeness (QED) is 0.531. The van der Waals surface area contributed by atoms with E-state index in [0.29, 0.717) is 17.4 Å². The molecule has 90 valence electrons. The van der Waals surface area contributed by atoms with Crippen LogP contribution in [-0.2, 0) is 18.3 Å². The number of aliphatic hydroxyl groups excluding tert-OH is 1. The number of carbonyl (C=O) groups is 1. The highest BCUT2D eigenvalue weighted by Gasteiger charge is 2.09. The minimum absolute atomic E-state index is 0.0113. The van der Waals surface area contributed by atoms with Gasteiger partial charge < -0.3 is 10.2 Å². The molecule has 7 heteroatoms. The number of hydrogen-bond acceptors (Lipinski definition) is 5. The van der Waals surface area contributed by atoms with Crippen LogP contribution in [0.15, 0.2) is 5.16 Å². The van der Waals surface area contributed by atoms with E-state index < -0.39 is 5.97 Å². The van der Waals surface area contributed by atoms with Crippen LogP contribution in [0.25, 0.3) is 0 Å². The van der Waals surface area contributed by atoms with Crippen LogP contribution in [0.2, 0.25) is 0 Å². The highest BCUT2D eigenvalue weighted by atomic mass is 32.2. The summed E-state index contributed by atoms with van der Waals surface area (Å²) in [5.74, 6) is -0.179. The number of carboxylic acids is 1.